The molecular weight excluding hydrogens is 270 g/mol. The summed E-state index contributed by atoms with van der Waals surface area (Å²) in [5, 5.41) is 13.2. The van der Waals surface area contributed by atoms with E-state index in [0.717, 1.165) is 17.0 Å². The highest BCUT2D eigenvalue weighted by Gasteiger charge is 2.19. The van der Waals surface area contributed by atoms with Crippen LogP contribution in [-0.4, -0.2) is 44.8 Å². The molecule has 0 spiro atoms. The molecule has 1 aromatic heterocycles. The Morgan fingerprint density at radius 1 is 1.33 bits per heavy atom. The third-order valence-corrected chi connectivity index (χ3v) is 3.51. The lowest BCUT2D eigenvalue weighted by molar-refractivity contribution is -0.144. The number of hydrogen-bond acceptors (Lipinski definition) is 3. The maximum Gasteiger partial charge on any atom is 0.323 e. The molecular formula is C15H25N3O3. The first-order valence-corrected chi connectivity index (χ1v) is 7.21. The number of aryl methyl sites for hydroxylation is 2. The SMILES string of the molecule is Cc1nn(C)c(C)c1CCC(=O)N(CC(=O)O)CC(C)C. The van der Waals surface area contributed by atoms with E-state index in [0.29, 0.717) is 19.4 Å². The summed E-state index contributed by atoms with van der Waals surface area (Å²) in [6.45, 7) is 8.08. The number of carboxylic acids is 1. The summed E-state index contributed by atoms with van der Waals surface area (Å²) in [6, 6.07) is 0. The van der Waals surface area contributed by atoms with Crippen molar-refractivity contribution in [3.8, 4) is 0 Å². The Morgan fingerprint density at radius 3 is 2.38 bits per heavy atom. The molecule has 1 aromatic rings. The van der Waals surface area contributed by atoms with Crippen molar-refractivity contribution in [1.82, 2.24) is 14.7 Å². The second-order valence-corrected chi connectivity index (χ2v) is 5.83. The van der Waals surface area contributed by atoms with E-state index >= 15 is 0 Å². The molecule has 1 rings (SSSR count). The first-order chi connectivity index (χ1) is 9.72. The normalized spacial score (nSPS) is 11.0. The molecule has 0 aliphatic rings. The van der Waals surface area contributed by atoms with Crippen LogP contribution in [0.4, 0.5) is 0 Å². The minimum absolute atomic E-state index is 0.117. The van der Waals surface area contributed by atoms with E-state index in [1.165, 1.54) is 4.90 Å². The largest absolute Gasteiger partial charge is 0.480 e. The fourth-order valence-corrected chi connectivity index (χ4v) is 2.43. The lowest BCUT2D eigenvalue weighted by Crippen LogP contribution is -2.38. The molecule has 0 radical (unpaired) electrons. The second kappa shape index (κ2) is 7.24. The molecule has 0 saturated heterocycles. The Hall–Kier alpha value is -1.85. The molecule has 0 aliphatic heterocycles. The van der Waals surface area contributed by atoms with Crippen LogP contribution in [0.1, 0.15) is 37.2 Å². The predicted octanol–water partition coefficient (Wildman–Crippen LogP) is 1.54. The number of amides is 1. The zero-order chi connectivity index (χ0) is 16.2. The molecule has 0 aliphatic carbocycles. The highest BCUT2D eigenvalue weighted by Crippen LogP contribution is 2.15. The number of aliphatic carboxylic acids is 1. The Labute approximate surface area is 125 Å². The lowest BCUT2D eigenvalue weighted by atomic mass is 10.1. The molecule has 1 amide bonds. The van der Waals surface area contributed by atoms with Crippen molar-refractivity contribution in [3.05, 3.63) is 17.0 Å². The maximum absolute atomic E-state index is 12.3. The van der Waals surface area contributed by atoms with Crippen LogP contribution in [0.15, 0.2) is 0 Å². The van der Waals surface area contributed by atoms with Gasteiger partial charge < -0.3 is 10.0 Å². The van der Waals surface area contributed by atoms with E-state index in [9.17, 15) is 9.59 Å². The monoisotopic (exact) mass is 295 g/mol. The summed E-state index contributed by atoms with van der Waals surface area (Å²) < 4.78 is 1.80. The van der Waals surface area contributed by atoms with Gasteiger partial charge in [-0.2, -0.15) is 5.10 Å². The van der Waals surface area contributed by atoms with Crippen molar-refractivity contribution in [2.24, 2.45) is 13.0 Å². The van der Waals surface area contributed by atoms with Gasteiger partial charge in [0.05, 0.1) is 5.69 Å². The average Bonchev–Trinajstić information content (AvgIpc) is 2.59. The van der Waals surface area contributed by atoms with Gasteiger partial charge in [0.2, 0.25) is 5.91 Å². The molecule has 0 atom stereocenters. The number of carbonyl (C=O) groups excluding carboxylic acids is 1. The van der Waals surface area contributed by atoms with Gasteiger partial charge in [0.15, 0.2) is 0 Å². The van der Waals surface area contributed by atoms with E-state index in [-0.39, 0.29) is 18.4 Å². The lowest BCUT2D eigenvalue weighted by Gasteiger charge is -2.22. The molecule has 21 heavy (non-hydrogen) atoms. The number of aromatic nitrogens is 2. The van der Waals surface area contributed by atoms with E-state index in [2.05, 4.69) is 5.10 Å². The Kier molecular flexibility index (Phi) is 5.93. The van der Waals surface area contributed by atoms with Crippen molar-refractivity contribution < 1.29 is 14.7 Å². The van der Waals surface area contributed by atoms with E-state index in [1.807, 2.05) is 34.7 Å². The smallest absolute Gasteiger partial charge is 0.323 e. The van der Waals surface area contributed by atoms with Gasteiger partial charge in [0, 0.05) is 25.7 Å². The van der Waals surface area contributed by atoms with Crippen LogP contribution in [0.25, 0.3) is 0 Å². The Bertz CT molecular complexity index is 520. The number of hydrogen-bond donors (Lipinski definition) is 1. The van der Waals surface area contributed by atoms with E-state index in [4.69, 9.17) is 5.11 Å². The van der Waals surface area contributed by atoms with Crippen molar-refractivity contribution in [3.63, 3.8) is 0 Å². The molecule has 0 saturated carbocycles. The third kappa shape index (κ3) is 4.88. The second-order valence-electron chi connectivity index (χ2n) is 5.83. The first kappa shape index (κ1) is 17.2. The fraction of sp³-hybridized carbons (Fsp3) is 0.667. The summed E-state index contributed by atoms with van der Waals surface area (Å²) in [4.78, 5) is 24.6. The molecule has 6 nitrogen and oxygen atoms in total. The maximum atomic E-state index is 12.3. The van der Waals surface area contributed by atoms with Gasteiger partial charge in [-0.05, 0) is 31.7 Å². The summed E-state index contributed by atoms with van der Waals surface area (Å²) in [5.41, 5.74) is 3.05. The molecule has 6 heteroatoms. The van der Waals surface area contributed by atoms with Crippen LogP contribution in [0, 0.1) is 19.8 Å². The van der Waals surface area contributed by atoms with Gasteiger partial charge in [-0.1, -0.05) is 13.8 Å². The molecule has 0 aromatic carbocycles. The topological polar surface area (TPSA) is 75.4 Å². The summed E-state index contributed by atoms with van der Waals surface area (Å²) in [6.07, 6.45) is 0.909. The zero-order valence-electron chi connectivity index (χ0n) is 13.5. The molecule has 0 unspecified atom stereocenters. The van der Waals surface area contributed by atoms with Gasteiger partial charge in [-0.3, -0.25) is 14.3 Å². The molecule has 1 heterocycles. The highest BCUT2D eigenvalue weighted by molar-refractivity contribution is 5.81. The van der Waals surface area contributed by atoms with Crippen molar-refractivity contribution in [1.29, 1.82) is 0 Å². The van der Waals surface area contributed by atoms with Crippen molar-refractivity contribution in [2.45, 2.75) is 40.5 Å². The van der Waals surface area contributed by atoms with Crippen LogP contribution in [0.3, 0.4) is 0 Å². The highest BCUT2D eigenvalue weighted by atomic mass is 16.4. The van der Waals surface area contributed by atoms with Crippen LogP contribution in [-0.2, 0) is 23.1 Å². The van der Waals surface area contributed by atoms with Crippen LogP contribution >= 0.6 is 0 Å². The number of carboxylic acid groups (broad SMARTS) is 1. The minimum Gasteiger partial charge on any atom is -0.480 e. The standard InChI is InChI=1S/C15H25N3O3/c1-10(2)8-18(9-15(20)21)14(19)7-6-13-11(3)16-17(5)12(13)4/h10H,6-9H2,1-5H3,(H,20,21). The number of nitrogens with zero attached hydrogens (tertiary/aromatic N) is 3. The number of rotatable bonds is 7. The van der Waals surface area contributed by atoms with Crippen LogP contribution < -0.4 is 0 Å². The van der Waals surface area contributed by atoms with E-state index < -0.39 is 5.97 Å². The van der Waals surface area contributed by atoms with Gasteiger partial charge in [-0.25, -0.2) is 0 Å². The molecule has 0 fully saturated rings. The van der Waals surface area contributed by atoms with Crippen LogP contribution in [0.2, 0.25) is 0 Å². The first-order valence-electron chi connectivity index (χ1n) is 7.21. The number of carbonyl (C=O) groups is 2. The summed E-state index contributed by atoms with van der Waals surface area (Å²) in [5.74, 6) is -0.846. The summed E-state index contributed by atoms with van der Waals surface area (Å²) >= 11 is 0. The molecule has 118 valence electrons. The quantitative estimate of drug-likeness (QED) is 0.828. The Balaban J connectivity index is 2.70. The minimum atomic E-state index is -0.974. The van der Waals surface area contributed by atoms with Crippen molar-refractivity contribution >= 4 is 11.9 Å². The van der Waals surface area contributed by atoms with Gasteiger partial charge in [0.25, 0.3) is 0 Å². The van der Waals surface area contributed by atoms with Gasteiger partial charge in [-0.15, -0.1) is 0 Å². The summed E-state index contributed by atoms with van der Waals surface area (Å²) in [7, 11) is 1.88. The van der Waals surface area contributed by atoms with Crippen molar-refractivity contribution in [2.75, 3.05) is 13.1 Å². The third-order valence-electron chi connectivity index (χ3n) is 3.51. The van der Waals surface area contributed by atoms with Gasteiger partial charge in [0.1, 0.15) is 6.54 Å². The molecule has 0 bridgehead atoms. The van der Waals surface area contributed by atoms with E-state index in [1.54, 1.807) is 4.68 Å². The van der Waals surface area contributed by atoms with Gasteiger partial charge >= 0.3 is 5.97 Å². The zero-order valence-corrected chi connectivity index (χ0v) is 13.5. The average molecular weight is 295 g/mol. The van der Waals surface area contributed by atoms with Crippen LogP contribution in [0.5, 0.6) is 0 Å². The predicted molar refractivity (Wildman–Crippen MR) is 80.1 cm³/mol. The Morgan fingerprint density at radius 2 is 1.95 bits per heavy atom. The molecule has 1 N–H and O–H groups in total. The fourth-order valence-electron chi connectivity index (χ4n) is 2.43.